The molecule has 40 heavy (non-hydrogen) atoms. The van der Waals surface area contributed by atoms with Crippen LogP contribution in [0.2, 0.25) is 0 Å². The van der Waals surface area contributed by atoms with Crippen molar-refractivity contribution >= 4 is 44.5 Å². The molecule has 0 aliphatic rings. The van der Waals surface area contributed by atoms with Gasteiger partial charge in [0.1, 0.15) is 5.75 Å². The molecule has 0 fully saturated rings. The molecule has 3 aromatic carbocycles. The van der Waals surface area contributed by atoms with Gasteiger partial charge in [-0.05, 0) is 42.4 Å². The van der Waals surface area contributed by atoms with Crippen LogP contribution in [-0.4, -0.2) is 22.0 Å². The summed E-state index contributed by atoms with van der Waals surface area (Å²) in [5, 5.41) is 14.7. The lowest BCUT2D eigenvalue weighted by atomic mass is 9.84. The molecule has 0 aliphatic carbocycles. The van der Waals surface area contributed by atoms with E-state index in [1.54, 1.807) is 18.2 Å². The van der Waals surface area contributed by atoms with Gasteiger partial charge in [-0.15, -0.1) is 0 Å². The van der Waals surface area contributed by atoms with Crippen molar-refractivity contribution < 1.29 is 14.5 Å². The molecular formula is C31H36N4O4S. The number of nitro groups is 1. The molecule has 8 nitrogen and oxygen atoms in total. The van der Waals surface area contributed by atoms with E-state index in [2.05, 4.69) is 33.0 Å². The number of ether oxygens (including phenoxy) is 1. The number of anilines is 1. The van der Waals surface area contributed by atoms with Crippen LogP contribution in [0.3, 0.4) is 0 Å². The molecule has 1 N–H and O–H groups in total. The average molecular weight is 561 g/mol. The fourth-order valence-corrected chi connectivity index (χ4v) is 5.94. The number of carbonyl (C=O) groups is 1. The van der Waals surface area contributed by atoms with Gasteiger partial charge < -0.3 is 14.6 Å². The predicted molar refractivity (Wildman–Crippen MR) is 161 cm³/mol. The van der Waals surface area contributed by atoms with Gasteiger partial charge in [-0.2, -0.15) is 0 Å². The molecule has 1 amide bonds. The molecule has 1 heterocycles. The summed E-state index contributed by atoms with van der Waals surface area (Å²) in [5.74, 6) is 0.851. The Kier molecular flexibility index (Phi) is 9.04. The fraction of sp³-hybridized carbons (Fsp3) is 0.355. The van der Waals surface area contributed by atoms with Crippen molar-refractivity contribution in [3.63, 3.8) is 0 Å². The first-order chi connectivity index (χ1) is 19.0. The molecular weight excluding hydrogens is 524 g/mol. The van der Waals surface area contributed by atoms with Crippen molar-refractivity contribution in [1.82, 2.24) is 4.57 Å². The largest absolute Gasteiger partial charge is 0.491 e. The fourth-order valence-electron chi connectivity index (χ4n) is 4.86. The van der Waals surface area contributed by atoms with Crippen LogP contribution >= 0.6 is 11.3 Å². The summed E-state index contributed by atoms with van der Waals surface area (Å²) in [6, 6.07) is 20.1. The minimum Gasteiger partial charge on any atom is -0.491 e. The van der Waals surface area contributed by atoms with E-state index in [1.807, 2.05) is 47.0 Å². The summed E-state index contributed by atoms with van der Waals surface area (Å²) in [6.07, 6.45) is 1.96. The van der Waals surface area contributed by atoms with Gasteiger partial charge in [-0.1, -0.05) is 75.4 Å². The van der Waals surface area contributed by atoms with Crippen LogP contribution in [-0.2, 0) is 11.3 Å². The lowest BCUT2D eigenvalue weighted by Crippen LogP contribution is -2.16. The third kappa shape index (κ3) is 7.57. The first-order valence-electron chi connectivity index (χ1n) is 13.4. The predicted octanol–water partition coefficient (Wildman–Crippen LogP) is 7.69. The number of rotatable bonds is 10. The molecule has 210 valence electrons. The Labute approximate surface area is 238 Å². The first kappa shape index (κ1) is 29.0. The summed E-state index contributed by atoms with van der Waals surface area (Å²) in [7, 11) is 0. The molecule has 9 heteroatoms. The van der Waals surface area contributed by atoms with E-state index in [9.17, 15) is 14.9 Å². The van der Waals surface area contributed by atoms with Gasteiger partial charge in [-0.25, -0.2) is 4.99 Å². The van der Waals surface area contributed by atoms with Crippen LogP contribution in [0.15, 0.2) is 71.7 Å². The highest BCUT2D eigenvalue weighted by molar-refractivity contribution is 7.16. The highest BCUT2D eigenvalue weighted by atomic mass is 32.1. The molecule has 0 saturated carbocycles. The molecule has 1 unspecified atom stereocenters. The summed E-state index contributed by atoms with van der Waals surface area (Å²) >= 11 is 1.46. The number of benzene rings is 3. The Morgan fingerprint density at radius 2 is 1.82 bits per heavy atom. The number of nitro benzene ring substituents is 1. The zero-order valence-electron chi connectivity index (χ0n) is 23.6. The van der Waals surface area contributed by atoms with Gasteiger partial charge in [0.05, 0.1) is 39.7 Å². The highest BCUT2D eigenvalue weighted by Gasteiger charge is 2.19. The monoisotopic (exact) mass is 560 g/mol. The molecule has 0 bridgehead atoms. The van der Waals surface area contributed by atoms with E-state index in [0.717, 1.165) is 28.7 Å². The van der Waals surface area contributed by atoms with E-state index >= 15 is 0 Å². The quantitative estimate of drug-likeness (QED) is 0.159. The van der Waals surface area contributed by atoms with Crippen molar-refractivity contribution in [2.75, 3.05) is 11.9 Å². The molecule has 0 saturated heterocycles. The van der Waals surface area contributed by atoms with E-state index in [1.165, 1.54) is 24.3 Å². The molecule has 0 aliphatic heterocycles. The van der Waals surface area contributed by atoms with Crippen LogP contribution in [0.5, 0.6) is 5.75 Å². The Hall–Kier alpha value is -3.98. The number of nitrogens with zero attached hydrogens (tertiary/aromatic N) is 3. The maximum absolute atomic E-state index is 12.0. The van der Waals surface area contributed by atoms with E-state index in [-0.39, 0.29) is 28.5 Å². The van der Waals surface area contributed by atoms with Gasteiger partial charge in [0.25, 0.3) is 5.69 Å². The number of nitrogens with one attached hydrogen (secondary N) is 1. The maximum Gasteiger partial charge on any atom is 0.274 e. The van der Waals surface area contributed by atoms with Crippen LogP contribution in [0.25, 0.3) is 10.2 Å². The average Bonchev–Trinajstić information content (AvgIpc) is 3.19. The number of aromatic nitrogens is 1. The molecule has 4 aromatic rings. The van der Waals surface area contributed by atoms with Gasteiger partial charge >= 0.3 is 0 Å². The number of amides is 1. The second-order valence-electron chi connectivity index (χ2n) is 11.3. The minimum atomic E-state index is -0.360. The lowest BCUT2D eigenvalue weighted by molar-refractivity contribution is -0.385. The molecule has 0 radical (unpaired) electrons. The normalized spacial score (nSPS) is 12.9. The Morgan fingerprint density at radius 1 is 1.12 bits per heavy atom. The third-order valence-corrected chi connectivity index (χ3v) is 7.46. The standard InChI is InChI=1S/C31H36N4O4S/c1-21(19-31(3,4)5)15-16-39-28-18-27-29(17-25(28)32-22(2)36)40-30(33-24-12-7-6-8-13-24)34(27)20-23-11-9-10-14-26(23)35(37)38/h6-14,17-18,21H,15-16,19-20H2,1-5H3,(H,32,36). The Balaban J connectivity index is 1.80. The SMILES string of the molecule is CC(=O)Nc1cc2sc(=Nc3ccccc3)n(Cc3ccccc3[N+](=O)[O-])c2cc1OCCC(C)CC(C)(C)C. The lowest BCUT2D eigenvalue weighted by Gasteiger charge is -2.23. The summed E-state index contributed by atoms with van der Waals surface area (Å²) < 4.78 is 9.12. The zero-order valence-corrected chi connectivity index (χ0v) is 24.5. The summed E-state index contributed by atoms with van der Waals surface area (Å²) in [6.45, 7) is 11.2. The van der Waals surface area contributed by atoms with Crippen molar-refractivity contribution in [3.8, 4) is 5.75 Å². The molecule has 1 atom stereocenters. The van der Waals surface area contributed by atoms with Crippen molar-refractivity contribution in [3.05, 3.63) is 87.2 Å². The van der Waals surface area contributed by atoms with Gasteiger partial charge in [0, 0.05) is 24.6 Å². The smallest absolute Gasteiger partial charge is 0.274 e. The van der Waals surface area contributed by atoms with Crippen LogP contribution in [0.1, 0.15) is 53.0 Å². The number of hydrogen-bond acceptors (Lipinski definition) is 6. The van der Waals surface area contributed by atoms with E-state index < -0.39 is 0 Å². The second kappa shape index (κ2) is 12.5. The summed E-state index contributed by atoms with van der Waals surface area (Å²) in [5.41, 5.74) is 3.06. The number of para-hydroxylation sites is 2. The second-order valence-corrected chi connectivity index (χ2v) is 12.3. The van der Waals surface area contributed by atoms with E-state index in [0.29, 0.717) is 34.3 Å². The van der Waals surface area contributed by atoms with Gasteiger partial charge in [0.2, 0.25) is 5.91 Å². The van der Waals surface area contributed by atoms with Gasteiger partial charge in [-0.3, -0.25) is 14.9 Å². The van der Waals surface area contributed by atoms with Crippen molar-refractivity contribution in [2.45, 2.75) is 54.0 Å². The first-order valence-corrected chi connectivity index (χ1v) is 14.2. The topological polar surface area (TPSA) is 98.8 Å². The summed E-state index contributed by atoms with van der Waals surface area (Å²) in [4.78, 5) is 29.0. The van der Waals surface area contributed by atoms with Gasteiger partial charge in [0.15, 0.2) is 4.80 Å². The Bertz CT molecular complexity index is 1570. The number of carbonyl (C=O) groups excluding carboxylic acids is 1. The molecule has 0 spiro atoms. The molecule has 1 aromatic heterocycles. The molecule has 4 rings (SSSR count). The van der Waals surface area contributed by atoms with Crippen LogP contribution in [0, 0.1) is 21.4 Å². The highest BCUT2D eigenvalue weighted by Crippen LogP contribution is 2.34. The third-order valence-electron chi connectivity index (χ3n) is 6.42. The van der Waals surface area contributed by atoms with E-state index in [4.69, 9.17) is 9.73 Å². The van der Waals surface area contributed by atoms with Crippen molar-refractivity contribution in [1.29, 1.82) is 0 Å². The van der Waals surface area contributed by atoms with Crippen LogP contribution < -0.4 is 14.9 Å². The number of hydrogen-bond donors (Lipinski definition) is 1. The minimum absolute atomic E-state index is 0.0548. The maximum atomic E-state index is 12.0. The van der Waals surface area contributed by atoms with Crippen LogP contribution in [0.4, 0.5) is 17.1 Å². The zero-order chi connectivity index (χ0) is 28.9. The Morgan fingerprint density at radius 3 is 2.50 bits per heavy atom. The number of fused-ring (bicyclic) bond motifs is 1. The number of thiazole rings is 1. The van der Waals surface area contributed by atoms with Crippen molar-refractivity contribution in [2.24, 2.45) is 16.3 Å².